The van der Waals surface area contributed by atoms with Crippen molar-refractivity contribution in [3.05, 3.63) is 12.3 Å². The minimum atomic E-state index is -2.05. The fourth-order valence-electron chi connectivity index (χ4n) is 0.719. The van der Waals surface area contributed by atoms with Crippen LogP contribution in [0.25, 0.3) is 0 Å². The summed E-state index contributed by atoms with van der Waals surface area (Å²) >= 11 is 0. The summed E-state index contributed by atoms with van der Waals surface area (Å²) in [5, 5.41) is 3.93. The second-order valence-corrected chi connectivity index (χ2v) is 5.33. The predicted octanol–water partition coefficient (Wildman–Crippen LogP) is 1.17. The third-order valence-electron chi connectivity index (χ3n) is 1.62. The first kappa shape index (κ1) is 9.25. The van der Waals surface area contributed by atoms with E-state index in [1.54, 1.807) is 30.2 Å². The highest BCUT2D eigenvalue weighted by Crippen LogP contribution is 2.11. The van der Waals surface area contributed by atoms with Crippen LogP contribution in [0.1, 0.15) is 6.92 Å². The van der Waals surface area contributed by atoms with Gasteiger partial charge in [0.15, 0.2) is 5.82 Å². The molecule has 5 heteroatoms. The zero-order chi connectivity index (χ0) is 9.19. The fraction of sp³-hybridized carbons (Fsp3) is 0.571. The lowest BCUT2D eigenvalue weighted by Crippen LogP contribution is -1.99. The van der Waals surface area contributed by atoms with Crippen LogP contribution in [0.2, 0.25) is 0 Å². The topological polar surface area (TPSA) is 47.2 Å². The van der Waals surface area contributed by atoms with Crippen LogP contribution >= 0.6 is 0 Å². The van der Waals surface area contributed by atoms with E-state index in [0.717, 1.165) is 0 Å². The molecular weight excluding hydrogens is 174 g/mol. The van der Waals surface area contributed by atoms with Crippen LogP contribution in [-0.4, -0.2) is 26.0 Å². The summed E-state index contributed by atoms with van der Waals surface area (Å²) in [7, 11) is -0.269. The number of hydrogen-bond donors (Lipinski definition) is 0. The van der Waals surface area contributed by atoms with Crippen molar-refractivity contribution in [1.29, 1.82) is 0 Å². The predicted molar refractivity (Wildman–Crippen MR) is 49.9 cm³/mol. The molecule has 0 aliphatic rings. The number of nitrogens with zero attached hydrogens (tertiary/aromatic N) is 3. The van der Waals surface area contributed by atoms with Gasteiger partial charge in [0.25, 0.3) is 0 Å². The maximum absolute atomic E-state index is 11.6. The van der Waals surface area contributed by atoms with Crippen LogP contribution in [0, 0.1) is 0 Å². The quantitative estimate of drug-likeness (QED) is 0.697. The van der Waals surface area contributed by atoms with E-state index in [0.29, 0.717) is 11.6 Å². The lowest BCUT2D eigenvalue weighted by atomic mass is 10.7. The average Bonchev–Trinajstić information content (AvgIpc) is 2.36. The molecule has 0 N–H and O–H groups in total. The number of rotatable bonds is 2. The summed E-state index contributed by atoms with van der Waals surface area (Å²) in [6.07, 6.45) is 3.30. The van der Waals surface area contributed by atoms with Crippen molar-refractivity contribution in [2.24, 2.45) is 11.4 Å². The molecule has 0 amide bonds. The molecule has 0 saturated carbocycles. The molecule has 12 heavy (non-hydrogen) atoms. The monoisotopic (exact) mass is 187 g/mol. The maximum atomic E-state index is 11.6. The normalized spacial score (nSPS) is 15.6. The van der Waals surface area contributed by atoms with Crippen LogP contribution in [0.5, 0.6) is 0 Å². The Balaban J connectivity index is 3.12. The Morgan fingerprint density at radius 2 is 2.42 bits per heavy atom. The molecule has 68 valence electrons. The zero-order valence-electron chi connectivity index (χ0n) is 7.52. The van der Waals surface area contributed by atoms with Gasteiger partial charge in [-0.2, -0.15) is 9.46 Å². The lowest BCUT2D eigenvalue weighted by Gasteiger charge is -1.99. The van der Waals surface area contributed by atoms with Crippen LogP contribution in [0.4, 0.5) is 5.82 Å². The Hall–Kier alpha value is -0.840. The molecule has 0 unspecified atom stereocenters. The van der Waals surface area contributed by atoms with E-state index in [2.05, 4.69) is 9.46 Å². The SMILES string of the molecule is CC[S@](C)(=O)=Nc1ccnn1C. The van der Waals surface area contributed by atoms with E-state index >= 15 is 0 Å². The van der Waals surface area contributed by atoms with Crippen molar-refractivity contribution in [3.63, 3.8) is 0 Å². The highest BCUT2D eigenvalue weighted by molar-refractivity contribution is 7.93. The molecule has 1 heterocycles. The third-order valence-corrected chi connectivity index (χ3v) is 3.26. The van der Waals surface area contributed by atoms with E-state index in [1.807, 2.05) is 6.92 Å². The number of aromatic nitrogens is 2. The van der Waals surface area contributed by atoms with E-state index < -0.39 is 9.73 Å². The van der Waals surface area contributed by atoms with Crippen molar-refractivity contribution in [2.45, 2.75) is 6.92 Å². The van der Waals surface area contributed by atoms with Gasteiger partial charge in [-0.15, -0.1) is 0 Å². The molecule has 0 spiro atoms. The molecule has 0 bridgehead atoms. The summed E-state index contributed by atoms with van der Waals surface area (Å²) < 4.78 is 17.3. The third kappa shape index (κ3) is 2.07. The van der Waals surface area contributed by atoms with Gasteiger partial charge in [0.05, 0.1) is 15.9 Å². The molecule has 0 saturated heterocycles. The van der Waals surface area contributed by atoms with Crippen LogP contribution < -0.4 is 0 Å². The van der Waals surface area contributed by atoms with Gasteiger partial charge in [-0.1, -0.05) is 6.92 Å². The molecule has 0 radical (unpaired) electrons. The van der Waals surface area contributed by atoms with E-state index in [4.69, 9.17) is 0 Å². The maximum Gasteiger partial charge on any atom is 0.159 e. The second kappa shape index (κ2) is 3.26. The van der Waals surface area contributed by atoms with E-state index in [-0.39, 0.29) is 0 Å². The summed E-state index contributed by atoms with van der Waals surface area (Å²) in [6.45, 7) is 1.86. The average molecular weight is 187 g/mol. The Labute approximate surface area is 72.8 Å². The fourth-order valence-corrected chi connectivity index (χ4v) is 1.42. The molecular formula is C7H13N3OS. The molecule has 1 aromatic heterocycles. The van der Waals surface area contributed by atoms with Crippen LogP contribution in [-0.2, 0) is 16.8 Å². The van der Waals surface area contributed by atoms with Crippen molar-refractivity contribution >= 4 is 15.5 Å². The standard InChI is InChI=1S/C7H13N3OS/c1-4-12(3,11)9-7-5-6-8-10(7)2/h5-6H,4H2,1-3H3/t12-/m0/s1. The van der Waals surface area contributed by atoms with Crippen molar-refractivity contribution < 1.29 is 4.21 Å². The Kier molecular flexibility index (Phi) is 2.52. The van der Waals surface area contributed by atoms with Gasteiger partial charge in [-0.3, -0.25) is 4.68 Å². The zero-order valence-corrected chi connectivity index (χ0v) is 8.34. The molecule has 1 aromatic rings. The van der Waals surface area contributed by atoms with Gasteiger partial charge < -0.3 is 0 Å². The molecule has 0 aromatic carbocycles. The number of hydrogen-bond acceptors (Lipinski definition) is 3. The molecule has 4 nitrogen and oxygen atoms in total. The van der Waals surface area contributed by atoms with Crippen molar-refractivity contribution in [3.8, 4) is 0 Å². The molecule has 1 atom stereocenters. The minimum Gasteiger partial charge on any atom is -0.250 e. The van der Waals surface area contributed by atoms with Gasteiger partial charge in [-0.05, 0) is 0 Å². The van der Waals surface area contributed by atoms with Gasteiger partial charge >= 0.3 is 0 Å². The second-order valence-electron chi connectivity index (χ2n) is 2.65. The van der Waals surface area contributed by atoms with E-state index in [1.165, 1.54) is 0 Å². The van der Waals surface area contributed by atoms with Gasteiger partial charge in [-0.25, -0.2) is 4.21 Å². The highest BCUT2D eigenvalue weighted by atomic mass is 32.2. The Bertz CT molecular complexity index is 374. The number of aryl methyl sites for hydroxylation is 1. The first-order valence-corrected chi connectivity index (χ1v) is 5.82. The molecule has 0 aliphatic carbocycles. The van der Waals surface area contributed by atoms with Gasteiger partial charge in [0, 0.05) is 25.1 Å². The van der Waals surface area contributed by atoms with Gasteiger partial charge in [0.2, 0.25) is 0 Å². The van der Waals surface area contributed by atoms with Crippen molar-refractivity contribution in [1.82, 2.24) is 9.78 Å². The highest BCUT2D eigenvalue weighted by Gasteiger charge is 2.00. The Morgan fingerprint density at radius 3 is 2.83 bits per heavy atom. The largest absolute Gasteiger partial charge is 0.250 e. The smallest absolute Gasteiger partial charge is 0.159 e. The van der Waals surface area contributed by atoms with Gasteiger partial charge in [0.1, 0.15) is 0 Å². The first-order chi connectivity index (χ1) is 5.55. The summed E-state index contributed by atoms with van der Waals surface area (Å²) in [5.74, 6) is 1.24. The van der Waals surface area contributed by atoms with Crippen molar-refractivity contribution in [2.75, 3.05) is 12.0 Å². The van der Waals surface area contributed by atoms with Crippen LogP contribution in [0.3, 0.4) is 0 Å². The Morgan fingerprint density at radius 1 is 1.75 bits per heavy atom. The molecule has 0 aliphatic heterocycles. The molecule has 0 fully saturated rings. The summed E-state index contributed by atoms with van der Waals surface area (Å²) in [5.41, 5.74) is 0. The summed E-state index contributed by atoms with van der Waals surface area (Å²) in [6, 6.07) is 1.75. The molecule has 1 rings (SSSR count). The van der Waals surface area contributed by atoms with E-state index in [9.17, 15) is 4.21 Å². The first-order valence-electron chi connectivity index (χ1n) is 3.73. The lowest BCUT2D eigenvalue weighted by molar-refractivity contribution is 0.680. The van der Waals surface area contributed by atoms with Crippen LogP contribution in [0.15, 0.2) is 16.6 Å². The summed E-state index contributed by atoms with van der Waals surface area (Å²) in [4.78, 5) is 0. The minimum absolute atomic E-state index is 0.568.